The van der Waals surface area contributed by atoms with Crippen LogP contribution in [0.2, 0.25) is 0 Å². The second-order valence-corrected chi connectivity index (χ2v) is 3.87. The SMILES string of the molecule is COC(=O)/C(=C\c1ccccc1)C(=O)c1ccc[nH]1. The van der Waals surface area contributed by atoms with E-state index in [4.69, 9.17) is 0 Å². The van der Waals surface area contributed by atoms with Gasteiger partial charge < -0.3 is 9.72 Å². The van der Waals surface area contributed by atoms with Crippen molar-refractivity contribution in [3.8, 4) is 0 Å². The summed E-state index contributed by atoms with van der Waals surface area (Å²) >= 11 is 0. The zero-order valence-electron chi connectivity index (χ0n) is 10.4. The molecule has 4 nitrogen and oxygen atoms in total. The van der Waals surface area contributed by atoms with Crippen molar-refractivity contribution in [2.24, 2.45) is 0 Å². The van der Waals surface area contributed by atoms with Gasteiger partial charge in [-0.1, -0.05) is 30.3 Å². The van der Waals surface area contributed by atoms with Crippen LogP contribution in [0, 0.1) is 0 Å². The third-order valence-corrected chi connectivity index (χ3v) is 2.60. The lowest BCUT2D eigenvalue weighted by Crippen LogP contribution is -2.15. The second kappa shape index (κ2) is 5.82. The summed E-state index contributed by atoms with van der Waals surface area (Å²) in [6.45, 7) is 0. The van der Waals surface area contributed by atoms with Crippen LogP contribution in [-0.4, -0.2) is 23.8 Å². The molecule has 19 heavy (non-hydrogen) atoms. The van der Waals surface area contributed by atoms with Gasteiger partial charge in [0.05, 0.1) is 12.8 Å². The topological polar surface area (TPSA) is 59.2 Å². The van der Waals surface area contributed by atoms with Crippen LogP contribution in [0.25, 0.3) is 6.08 Å². The normalized spacial score (nSPS) is 11.1. The zero-order chi connectivity index (χ0) is 13.7. The fourth-order valence-corrected chi connectivity index (χ4v) is 1.66. The summed E-state index contributed by atoms with van der Waals surface area (Å²) in [5.41, 5.74) is 1.12. The molecule has 0 radical (unpaired) electrons. The van der Waals surface area contributed by atoms with E-state index in [1.807, 2.05) is 30.3 Å². The van der Waals surface area contributed by atoms with Crippen molar-refractivity contribution >= 4 is 17.8 Å². The van der Waals surface area contributed by atoms with Crippen molar-refractivity contribution in [1.29, 1.82) is 0 Å². The monoisotopic (exact) mass is 255 g/mol. The van der Waals surface area contributed by atoms with E-state index in [0.717, 1.165) is 5.56 Å². The van der Waals surface area contributed by atoms with E-state index in [2.05, 4.69) is 9.72 Å². The molecule has 0 unspecified atom stereocenters. The number of esters is 1. The summed E-state index contributed by atoms with van der Waals surface area (Å²) in [5, 5.41) is 0. The van der Waals surface area contributed by atoms with Crippen LogP contribution in [0.3, 0.4) is 0 Å². The van der Waals surface area contributed by atoms with Crippen LogP contribution in [0.15, 0.2) is 54.2 Å². The molecule has 2 aromatic rings. The standard InChI is InChI=1S/C15H13NO3/c1-19-15(18)12(10-11-6-3-2-4-7-11)14(17)13-8-5-9-16-13/h2-10,16H,1H3/b12-10-. The number of benzene rings is 1. The Hall–Kier alpha value is -2.62. The van der Waals surface area contributed by atoms with Crippen LogP contribution >= 0.6 is 0 Å². The molecule has 0 aliphatic carbocycles. The first-order valence-electron chi connectivity index (χ1n) is 5.75. The summed E-state index contributed by atoms with van der Waals surface area (Å²) in [6, 6.07) is 12.5. The van der Waals surface area contributed by atoms with Gasteiger partial charge in [-0.25, -0.2) is 4.79 Å². The Morgan fingerprint density at radius 3 is 2.42 bits per heavy atom. The van der Waals surface area contributed by atoms with E-state index in [9.17, 15) is 9.59 Å². The number of carbonyl (C=O) groups excluding carboxylic acids is 2. The van der Waals surface area contributed by atoms with Gasteiger partial charge in [0, 0.05) is 6.20 Å². The van der Waals surface area contributed by atoms with Gasteiger partial charge in [0.1, 0.15) is 5.57 Å². The second-order valence-electron chi connectivity index (χ2n) is 3.87. The Morgan fingerprint density at radius 2 is 1.84 bits per heavy atom. The zero-order valence-corrected chi connectivity index (χ0v) is 10.4. The highest BCUT2D eigenvalue weighted by Crippen LogP contribution is 2.13. The largest absolute Gasteiger partial charge is 0.465 e. The van der Waals surface area contributed by atoms with Crippen molar-refractivity contribution in [3.63, 3.8) is 0 Å². The number of nitrogens with one attached hydrogen (secondary N) is 1. The lowest BCUT2D eigenvalue weighted by atomic mass is 10.1. The number of rotatable bonds is 4. The molecule has 4 heteroatoms. The molecular formula is C15H13NO3. The summed E-state index contributed by atoms with van der Waals surface area (Å²) in [6.07, 6.45) is 3.15. The van der Waals surface area contributed by atoms with Gasteiger partial charge in [-0.2, -0.15) is 0 Å². The van der Waals surface area contributed by atoms with Crippen LogP contribution in [0.5, 0.6) is 0 Å². The third kappa shape index (κ3) is 2.98. The van der Waals surface area contributed by atoms with Crippen molar-refractivity contribution in [2.45, 2.75) is 0 Å². The number of hydrogen-bond donors (Lipinski definition) is 1. The maximum Gasteiger partial charge on any atom is 0.341 e. The van der Waals surface area contributed by atoms with Crippen molar-refractivity contribution < 1.29 is 14.3 Å². The van der Waals surface area contributed by atoms with Crippen LogP contribution < -0.4 is 0 Å². The summed E-state index contributed by atoms with van der Waals surface area (Å²) in [5.74, 6) is -1.04. The number of Topliss-reactive ketones (excluding diaryl/α,β-unsaturated/α-hetero) is 1. The summed E-state index contributed by atoms with van der Waals surface area (Å²) in [4.78, 5) is 26.7. The number of carbonyl (C=O) groups is 2. The molecule has 1 aromatic carbocycles. The molecule has 1 N–H and O–H groups in total. The number of ketones is 1. The average Bonchev–Trinajstić information content (AvgIpc) is 2.98. The van der Waals surface area contributed by atoms with Gasteiger partial charge in [0.2, 0.25) is 5.78 Å². The third-order valence-electron chi connectivity index (χ3n) is 2.60. The summed E-state index contributed by atoms with van der Waals surface area (Å²) < 4.78 is 4.66. The first-order chi connectivity index (χ1) is 9.22. The highest BCUT2D eigenvalue weighted by atomic mass is 16.5. The van der Waals surface area contributed by atoms with Gasteiger partial charge in [-0.15, -0.1) is 0 Å². The lowest BCUT2D eigenvalue weighted by molar-refractivity contribution is -0.135. The molecular weight excluding hydrogens is 242 g/mol. The number of hydrogen-bond acceptors (Lipinski definition) is 3. The molecule has 0 saturated heterocycles. The highest BCUT2D eigenvalue weighted by molar-refractivity contribution is 6.26. The van der Waals surface area contributed by atoms with E-state index in [0.29, 0.717) is 5.69 Å². The fourth-order valence-electron chi connectivity index (χ4n) is 1.66. The van der Waals surface area contributed by atoms with Crippen molar-refractivity contribution in [1.82, 2.24) is 4.98 Å². The number of ether oxygens (including phenoxy) is 1. The fraction of sp³-hybridized carbons (Fsp3) is 0.0667. The van der Waals surface area contributed by atoms with Crippen molar-refractivity contribution in [2.75, 3.05) is 7.11 Å². The molecule has 1 heterocycles. The molecule has 0 amide bonds. The molecule has 96 valence electrons. The first-order valence-corrected chi connectivity index (χ1v) is 5.75. The van der Waals surface area contributed by atoms with Crippen LogP contribution in [0.1, 0.15) is 16.1 Å². The molecule has 0 aliphatic rings. The number of methoxy groups -OCH3 is 1. The number of aromatic nitrogens is 1. The Balaban J connectivity index is 2.40. The van der Waals surface area contributed by atoms with Gasteiger partial charge in [0.25, 0.3) is 0 Å². The molecule has 0 atom stereocenters. The maximum atomic E-state index is 12.2. The smallest absolute Gasteiger partial charge is 0.341 e. The quantitative estimate of drug-likeness (QED) is 0.300. The van der Waals surface area contributed by atoms with Crippen LogP contribution in [0.4, 0.5) is 0 Å². The number of H-pyrrole nitrogens is 1. The van der Waals surface area contributed by atoms with E-state index in [1.165, 1.54) is 13.2 Å². The van der Waals surface area contributed by atoms with Gasteiger partial charge in [0.15, 0.2) is 0 Å². The molecule has 0 saturated carbocycles. The van der Waals surface area contributed by atoms with Crippen LogP contribution in [-0.2, 0) is 9.53 Å². The minimum atomic E-state index is -0.650. The van der Waals surface area contributed by atoms with Crippen molar-refractivity contribution in [3.05, 3.63) is 65.5 Å². The molecule has 1 aromatic heterocycles. The van der Waals surface area contributed by atoms with Gasteiger partial charge in [-0.3, -0.25) is 4.79 Å². The highest BCUT2D eigenvalue weighted by Gasteiger charge is 2.21. The Bertz CT molecular complexity index is 598. The first kappa shape index (κ1) is 12.8. The predicted octanol–water partition coefficient (Wildman–Crippen LogP) is 2.45. The molecule has 2 rings (SSSR count). The Labute approximate surface area is 110 Å². The van der Waals surface area contributed by atoms with E-state index < -0.39 is 5.97 Å². The minimum absolute atomic E-state index is 0.00356. The Kier molecular flexibility index (Phi) is 3.93. The van der Waals surface area contributed by atoms with E-state index >= 15 is 0 Å². The lowest BCUT2D eigenvalue weighted by Gasteiger charge is -2.03. The molecule has 0 bridgehead atoms. The maximum absolute atomic E-state index is 12.2. The Morgan fingerprint density at radius 1 is 1.11 bits per heavy atom. The average molecular weight is 255 g/mol. The van der Waals surface area contributed by atoms with Gasteiger partial charge >= 0.3 is 5.97 Å². The summed E-state index contributed by atoms with van der Waals surface area (Å²) in [7, 11) is 1.25. The molecule has 0 aliphatic heterocycles. The number of aromatic amines is 1. The predicted molar refractivity (Wildman–Crippen MR) is 71.6 cm³/mol. The van der Waals surface area contributed by atoms with E-state index in [-0.39, 0.29) is 11.4 Å². The van der Waals surface area contributed by atoms with E-state index in [1.54, 1.807) is 18.3 Å². The van der Waals surface area contributed by atoms with Gasteiger partial charge in [-0.05, 0) is 23.8 Å². The molecule has 0 spiro atoms. The minimum Gasteiger partial charge on any atom is -0.465 e. The molecule has 0 fully saturated rings.